The molecule has 2 rings (SSSR count). The zero-order valence-corrected chi connectivity index (χ0v) is 13.4. The number of hydrogen-bond acceptors (Lipinski definition) is 4. The lowest BCUT2D eigenvalue weighted by Gasteiger charge is -2.29. The van der Waals surface area contributed by atoms with Crippen LogP contribution in [0.4, 0.5) is 8.78 Å². The fourth-order valence-electron chi connectivity index (χ4n) is 2.95. The van der Waals surface area contributed by atoms with Crippen LogP contribution in [0.2, 0.25) is 0 Å². The highest BCUT2D eigenvalue weighted by Crippen LogP contribution is 2.31. The molecular weight excluding hydrogens is 306 g/mol. The lowest BCUT2D eigenvalue weighted by atomic mass is 9.97. The van der Waals surface area contributed by atoms with Gasteiger partial charge in [-0.3, -0.25) is 4.79 Å². The van der Waals surface area contributed by atoms with E-state index in [2.05, 4.69) is 4.74 Å². The number of nitrogens with two attached hydrogens (primary N) is 1. The van der Waals surface area contributed by atoms with Gasteiger partial charge in [0, 0.05) is 13.6 Å². The molecule has 2 N–H and O–H groups in total. The molecule has 1 fully saturated rings. The highest BCUT2D eigenvalue weighted by molar-refractivity contribution is 5.86. The summed E-state index contributed by atoms with van der Waals surface area (Å²) in [5.74, 6) is 0.0421. The second-order valence-corrected chi connectivity index (χ2v) is 5.89. The third-order valence-electron chi connectivity index (χ3n) is 4.13. The minimum Gasteiger partial charge on any atom is -0.493 e. The molecule has 1 amide bonds. The Morgan fingerprint density at radius 1 is 1.35 bits per heavy atom. The number of halogens is 2. The first-order valence-corrected chi connectivity index (χ1v) is 7.52. The van der Waals surface area contributed by atoms with Gasteiger partial charge in [-0.25, -0.2) is 0 Å². The first-order valence-electron chi connectivity index (χ1n) is 7.52. The Kier molecular flexibility index (Phi) is 5.41. The predicted molar refractivity (Wildman–Crippen MR) is 81.5 cm³/mol. The molecule has 0 heterocycles. The molecule has 1 saturated carbocycles. The van der Waals surface area contributed by atoms with Gasteiger partial charge >= 0.3 is 6.61 Å². The smallest absolute Gasteiger partial charge is 0.387 e. The summed E-state index contributed by atoms with van der Waals surface area (Å²) in [6.45, 7) is -2.68. The van der Waals surface area contributed by atoms with Gasteiger partial charge in [0.2, 0.25) is 5.91 Å². The molecule has 7 heteroatoms. The Balaban J connectivity index is 2.11. The number of likely N-dealkylation sites (N-methyl/N-ethyl adjacent to an activating group) is 1. The largest absolute Gasteiger partial charge is 0.493 e. The van der Waals surface area contributed by atoms with Crippen molar-refractivity contribution in [3.8, 4) is 11.5 Å². The zero-order valence-electron chi connectivity index (χ0n) is 13.4. The monoisotopic (exact) mass is 328 g/mol. The third-order valence-corrected chi connectivity index (χ3v) is 4.13. The second-order valence-electron chi connectivity index (χ2n) is 5.89. The van der Waals surface area contributed by atoms with E-state index in [-0.39, 0.29) is 24.0 Å². The van der Waals surface area contributed by atoms with Gasteiger partial charge in [-0.2, -0.15) is 8.78 Å². The van der Waals surface area contributed by atoms with Crippen LogP contribution in [0.1, 0.15) is 31.2 Å². The van der Waals surface area contributed by atoms with Crippen LogP contribution in [0, 0.1) is 0 Å². The van der Waals surface area contributed by atoms with E-state index < -0.39 is 12.2 Å². The van der Waals surface area contributed by atoms with Crippen LogP contribution >= 0.6 is 0 Å². The van der Waals surface area contributed by atoms with Crippen LogP contribution < -0.4 is 15.2 Å². The molecule has 1 aliphatic rings. The molecule has 0 aliphatic heterocycles. The summed E-state index contributed by atoms with van der Waals surface area (Å²) in [6.07, 6.45) is 3.26. The number of rotatable bonds is 6. The average molecular weight is 328 g/mol. The van der Waals surface area contributed by atoms with Crippen molar-refractivity contribution in [1.82, 2.24) is 4.90 Å². The van der Waals surface area contributed by atoms with Crippen molar-refractivity contribution >= 4 is 5.91 Å². The number of nitrogens with zero attached hydrogens (tertiary/aromatic N) is 1. The quantitative estimate of drug-likeness (QED) is 0.871. The van der Waals surface area contributed by atoms with E-state index in [9.17, 15) is 13.6 Å². The van der Waals surface area contributed by atoms with Crippen LogP contribution in [0.15, 0.2) is 18.2 Å². The summed E-state index contributed by atoms with van der Waals surface area (Å²) in [4.78, 5) is 14.0. The average Bonchev–Trinajstić information content (AvgIpc) is 2.94. The predicted octanol–water partition coefficient (Wildman–Crippen LogP) is 2.53. The van der Waals surface area contributed by atoms with Crippen molar-refractivity contribution in [2.45, 2.75) is 44.4 Å². The molecule has 0 atom stereocenters. The van der Waals surface area contributed by atoms with E-state index in [0.29, 0.717) is 18.4 Å². The summed E-state index contributed by atoms with van der Waals surface area (Å²) in [5, 5.41) is 0. The number of alkyl halides is 2. The van der Waals surface area contributed by atoms with Crippen LogP contribution in [-0.2, 0) is 11.3 Å². The second kappa shape index (κ2) is 7.12. The Morgan fingerprint density at radius 2 is 2.00 bits per heavy atom. The number of benzene rings is 1. The minimum absolute atomic E-state index is 0.0517. The molecule has 5 nitrogen and oxygen atoms in total. The molecule has 1 aromatic carbocycles. The Labute approximate surface area is 134 Å². The molecular formula is C16H22F2N2O3. The van der Waals surface area contributed by atoms with E-state index in [1.165, 1.54) is 18.1 Å². The van der Waals surface area contributed by atoms with E-state index in [1.807, 2.05) is 0 Å². The molecule has 0 aromatic heterocycles. The van der Waals surface area contributed by atoms with Gasteiger partial charge in [-0.15, -0.1) is 0 Å². The standard InChI is InChI=1S/C16H22F2N2O3/c1-20(14(21)16(19)7-3-4-8-16)10-11-5-6-12(22-2)13(9-11)23-15(17)18/h5-6,9,15H,3-4,7-8,10,19H2,1-2H3. The number of carbonyl (C=O) groups excluding carboxylic acids is 1. The molecule has 23 heavy (non-hydrogen) atoms. The van der Waals surface area contributed by atoms with E-state index in [4.69, 9.17) is 10.5 Å². The van der Waals surface area contributed by atoms with Crippen LogP contribution in [0.5, 0.6) is 11.5 Å². The van der Waals surface area contributed by atoms with Crippen molar-refractivity contribution in [1.29, 1.82) is 0 Å². The molecule has 0 spiro atoms. The van der Waals surface area contributed by atoms with Gasteiger partial charge in [0.15, 0.2) is 11.5 Å². The number of carbonyl (C=O) groups is 1. The van der Waals surface area contributed by atoms with Gasteiger partial charge in [0.1, 0.15) is 0 Å². The van der Waals surface area contributed by atoms with Gasteiger partial charge in [0.25, 0.3) is 0 Å². The Morgan fingerprint density at radius 3 is 2.57 bits per heavy atom. The number of hydrogen-bond donors (Lipinski definition) is 1. The van der Waals surface area contributed by atoms with Crippen molar-refractivity contribution in [2.24, 2.45) is 5.73 Å². The molecule has 128 valence electrons. The summed E-state index contributed by atoms with van der Waals surface area (Å²) >= 11 is 0. The van der Waals surface area contributed by atoms with Gasteiger partial charge < -0.3 is 20.1 Å². The van der Waals surface area contributed by atoms with Crippen molar-refractivity contribution < 1.29 is 23.0 Å². The number of amides is 1. The summed E-state index contributed by atoms with van der Waals surface area (Å²) in [6, 6.07) is 4.70. The summed E-state index contributed by atoms with van der Waals surface area (Å²) < 4.78 is 34.4. The Bertz CT molecular complexity index is 560. The molecule has 0 bridgehead atoms. The normalized spacial score (nSPS) is 16.4. The van der Waals surface area contributed by atoms with Gasteiger partial charge in [0.05, 0.1) is 12.6 Å². The first-order chi connectivity index (χ1) is 10.9. The minimum atomic E-state index is -2.94. The van der Waals surface area contributed by atoms with Crippen LogP contribution in [0.25, 0.3) is 0 Å². The van der Waals surface area contributed by atoms with Crippen LogP contribution in [-0.4, -0.2) is 37.1 Å². The SMILES string of the molecule is COc1ccc(CN(C)C(=O)C2(N)CCCC2)cc1OC(F)F. The molecule has 0 saturated heterocycles. The maximum atomic E-state index is 12.5. The maximum absolute atomic E-state index is 12.5. The highest BCUT2D eigenvalue weighted by atomic mass is 19.3. The number of ether oxygens (including phenoxy) is 2. The van der Waals surface area contributed by atoms with Gasteiger partial charge in [-0.1, -0.05) is 18.9 Å². The van der Waals surface area contributed by atoms with Crippen LogP contribution in [0.3, 0.4) is 0 Å². The van der Waals surface area contributed by atoms with Gasteiger partial charge in [-0.05, 0) is 30.5 Å². The highest BCUT2D eigenvalue weighted by Gasteiger charge is 2.38. The van der Waals surface area contributed by atoms with Crippen molar-refractivity contribution in [3.63, 3.8) is 0 Å². The maximum Gasteiger partial charge on any atom is 0.387 e. The van der Waals surface area contributed by atoms with Crippen molar-refractivity contribution in [2.75, 3.05) is 14.2 Å². The molecule has 0 unspecified atom stereocenters. The first kappa shape index (κ1) is 17.5. The summed E-state index contributed by atoms with van der Waals surface area (Å²) in [7, 11) is 3.04. The lowest BCUT2D eigenvalue weighted by Crippen LogP contribution is -2.52. The topological polar surface area (TPSA) is 64.8 Å². The third kappa shape index (κ3) is 4.10. The molecule has 0 radical (unpaired) electrons. The Hall–Kier alpha value is -1.89. The van der Waals surface area contributed by atoms with E-state index in [0.717, 1.165) is 12.8 Å². The zero-order chi connectivity index (χ0) is 17.0. The van der Waals surface area contributed by atoms with E-state index >= 15 is 0 Å². The van der Waals surface area contributed by atoms with E-state index in [1.54, 1.807) is 19.2 Å². The number of methoxy groups -OCH3 is 1. The molecule has 1 aliphatic carbocycles. The lowest BCUT2D eigenvalue weighted by molar-refractivity contribution is -0.136. The summed E-state index contributed by atoms with van der Waals surface area (Å²) in [5.41, 5.74) is 6.03. The molecule has 1 aromatic rings. The fourth-order valence-corrected chi connectivity index (χ4v) is 2.95. The van der Waals surface area contributed by atoms with Crippen molar-refractivity contribution in [3.05, 3.63) is 23.8 Å². The fraction of sp³-hybridized carbons (Fsp3) is 0.562.